The van der Waals surface area contributed by atoms with Gasteiger partial charge in [-0.3, -0.25) is 9.80 Å². The molecule has 0 amide bonds. The van der Waals surface area contributed by atoms with Gasteiger partial charge >= 0.3 is 0 Å². The Labute approximate surface area is 115 Å². The third-order valence-electron chi connectivity index (χ3n) is 4.36. The fourth-order valence-electron chi connectivity index (χ4n) is 3.18. The number of rotatable bonds is 6. The lowest BCUT2D eigenvalue weighted by Crippen LogP contribution is -2.39. The second-order valence-corrected chi connectivity index (χ2v) is 5.86. The van der Waals surface area contributed by atoms with E-state index < -0.39 is 0 Å². The third-order valence-corrected chi connectivity index (χ3v) is 4.36. The SMILES string of the molecule is OCCN1CC[C@@H](N(Cc2ccccc2)C2CC2)C1. The number of hydrogen-bond acceptors (Lipinski definition) is 3. The van der Waals surface area contributed by atoms with E-state index in [4.69, 9.17) is 5.11 Å². The van der Waals surface area contributed by atoms with Crippen molar-refractivity contribution in [1.29, 1.82) is 0 Å². The van der Waals surface area contributed by atoms with Gasteiger partial charge in [0.25, 0.3) is 0 Å². The lowest BCUT2D eigenvalue weighted by atomic mass is 10.1. The maximum absolute atomic E-state index is 9.05. The van der Waals surface area contributed by atoms with Crippen LogP contribution in [0.4, 0.5) is 0 Å². The number of hydrogen-bond donors (Lipinski definition) is 1. The van der Waals surface area contributed by atoms with Crippen molar-refractivity contribution in [2.45, 2.75) is 37.9 Å². The first-order valence-electron chi connectivity index (χ1n) is 7.49. The minimum Gasteiger partial charge on any atom is -0.395 e. The quantitative estimate of drug-likeness (QED) is 0.843. The highest BCUT2D eigenvalue weighted by atomic mass is 16.3. The highest BCUT2D eigenvalue weighted by Gasteiger charge is 2.36. The molecule has 2 aliphatic rings. The van der Waals surface area contributed by atoms with Crippen molar-refractivity contribution >= 4 is 0 Å². The first kappa shape index (κ1) is 13.1. The summed E-state index contributed by atoms with van der Waals surface area (Å²) >= 11 is 0. The molecule has 3 heteroatoms. The van der Waals surface area contributed by atoms with E-state index in [0.29, 0.717) is 6.04 Å². The van der Waals surface area contributed by atoms with Crippen LogP contribution in [0.2, 0.25) is 0 Å². The van der Waals surface area contributed by atoms with Crippen LogP contribution in [0.15, 0.2) is 30.3 Å². The van der Waals surface area contributed by atoms with Gasteiger partial charge in [-0.15, -0.1) is 0 Å². The van der Waals surface area contributed by atoms with Gasteiger partial charge in [-0.2, -0.15) is 0 Å². The van der Waals surface area contributed by atoms with Crippen LogP contribution in [0.3, 0.4) is 0 Å². The molecule has 1 saturated carbocycles. The van der Waals surface area contributed by atoms with E-state index in [2.05, 4.69) is 40.1 Å². The van der Waals surface area contributed by atoms with Crippen molar-refractivity contribution in [2.75, 3.05) is 26.2 Å². The van der Waals surface area contributed by atoms with E-state index in [1.807, 2.05) is 0 Å². The average Bonchev–Trinajstić information content (AvgIpc) is 3.18. The topological polar surface area (TPSA) is 26.7 Å². The summed E-state index contributed by atoms with van der Waals surface area (Å²) in [6, 6.07) is 12.3. The molecule has 0 unspecified atom stereocenters. The molecule has 1 saturated heterocycles. The fraction of sp³-hybridized carbons (Fsp3) is 0.625. The van der Waals surface area contributed by atoms with Crippen LogP contribution in [0.1, 0.15) is 24.8 Å². The number of aliphatic hydroxyl groups is 1. The summed E-state index contributed by atoms with van der Waals surface area (Å²) in [5.74, 6) is 0. The van der Waals surface area contributed by atoms with Crippen LogP contribution in [-0.4, -0.2) is 53.2 Å². The second-order valence-electron chi connectivity index (χ2n) is 5.86. The molecule has 1 aromatic carbocycles. The largest absolute Gasteiger partial charge is 0.395 e. The number of nitrogens with zero attached hydrogens (tertiary/aromatic N) is 2. The molecule has 1 N–H and O–H groups in total. The normalized spacial score (nSPS) is 24.2. The van der Waals surface area contributed by atoms with E-state index >= 15 is 0 Å². The predicted octanol–water partition coefficient (Wildman–Crippen LogP) is 1.72. The van der Waals surface area contributed by atoms with Crippen molar-refractivity contribution in [3.63, 3.8) is 0 Å². The van der Waals surface area contributed by atoms with Crippen molar-refractivity contribution in [3.05, 3.63) is 35.9 Å². The summed E-state index contributed by atoms with van der Waals surface area (Å²) in [6.07, 6.45) is 3.98. The molecule has 3 rings (SSSR count). The number of aliphatic hydroxyl groups excluding tert-OH is 1. The van der Waals surface area contributed by atoms with E-state index in [0.717, 1.165) is 32.2 Å². The van der Waals surface area contributed by atoms with E-state index in [1.54, 1.807) is 0 Å². The predicted molar refractivity (Wildman–Crippen MR) is 76.9 cm³/mol. The third kappa shape index (κ3) is 3.35. The van der Waals surface area contributed by atoms with Crippen LogP contribution >= 0.6 is 0 Å². The van der Waals surface area contributed by atoms with Crippen LogP contribution in [-0.2, 0) is 6.54 Å². The molecule has 0 spiro atoms. The summed E-state index contributed by atoms with van der Waals surface area (Å²) in [6.45, 7) is 4.48. The van der Waals surface area contributed by atoms with Crippen molar-refractivity contribution in [3.8, 4) is 0 Å². The van der Waals surface area contributed by atoms with E-state index in [9.17, 15) is 0 Å². The molecular weight excluding hydrogens is 236 g/mol. The first-order chi connectivity index (χ1) is 9.36. The van der Waals surface area contributed by atoms with E-state index in [1.165, 1.54) is 24.8 Å². The lowest BCUT2D eigenvalue weighted by Gasteiger charge is -2.29. The molecule has 19 heavy (non-hydrogen) atoms. The summed E-state index contributed by atoms with van der Waals surface area (Å²) in [5.41, 5.74) is 1.43. The maximum atomic E-state index is 9.05. The highest BCUT2D eigenvalue weighted by molar-refractivity contribution is 5.15. The van der Waals surface area contributed by atoms with Crippen LogP contribution < -0.4 is 0 Å². The maximum Gasteiger partial charge on any atom is 0.0558 e. The number of likely N-dealkylation sites (tertiary alicyclic amines) is 1. The minimum absolute atomic E-state index is 0.287. The molecule has 1 atom stereocenters. The Balaban J connectivity index is 1.62. The van der Waals surface area contributed by atoms with Gasteiger partial charge in [0.05, 0.1) is 6.61 Å². The second kappa shape index (κ2) is 6.04. The van der Waals surface area contributed by atoms with Gasteiger partial charge in [0, 0.05) is 31.7 Å². The van der Waals surface area contributed by atoms with Gasteiger partial charge in [0.2, 0.25) is 0 Å². The molecule has 3 nitrogen and oxygen atoms in total. The molecule has 1 aliphatic carbocycles. The van der Waals surface area contributed by atoms with Crippen molar-refractivity contribution in [2.24, 2.45) is 0 Å². The van der Waals surface area contributed by atoms with Gasteiger partial charge in [0.15, 0.2) is 0 Å². The zero-order valence-electron chi connectivity index (χ0n) is 11.5. The van der Waals surface area contributed by atoms with Gasteiger partial charge in [-0.05, 0) is 31.4 Å². The Morgan fingerprint density at radius 3 is 2.58 bits per heavy atom. The number of benzene rings is 1. The highest BCUT2D eigenvalue weighted by Crippen LogP contribution is 2.32. The molecule has 1 aliphatic heterocycles. The molecule has 104 valence electrons. The zero-order chi connectivity index (χ0) is 13.1. The van der Waals surface area contributed by atoms with E-state index in [-0.39, 0.29) is 6.61 Å². The smallest absolute Gasteiger partial charge is 0.0558 e. The van der Waals surface area contributed by atoms with Crippen molar-refractivity contribution in [1.82, 2.24) is 9.80 Å². The Kier molecular flexibility index (Phi) is 4.16. The summed E-state index contributed by atoms with van der Waals surface area (Å²) < 4.78 is 0. The Morgan fingerprint density at radius 2 is 1.89 bits per heavy atom. The summed E-state index contributed by atoms with van der Waals surface area (Å²) in [4.78, 5) is 5.09. The van der Waals surface area contributed by atoms with Crippen LogP contribution in [0.25, 0.3) is 0 Å². The van der Waals surface area contributed by atoms with Crippen molar-refractivity contribution < 1.29 is 5.11 Å². The monoisotopic (exact) mass is 260 g/mol. The fourth-order valence-corrected chi connectivity index (χ4v) is 3.18. The Morgan fingerprint density at radius 1 is 1.11 bits per heavy atom. The van der Waals surface area contributed by atoms with Crippen LogP contribution in [0.5, 0.6) is 0 Å². The van der Waals surface area contributed by atoms with Gasteiger partial charge in [-0.1, -0.05) is 30.3 Å². The molecule has 0 radical (unpaired) electrons. The molecule has 0 aromatic heterocycles. The number of β-amino-alcohol motifs (C(OH)–C–C–N with tert-alkyl or cyclic N) is 1. The summed E-state index contributed by atoms with van der Waals surface area (Å²) in [7, 11) is 0. The molecule has 2 fully saturated rings. The summed E-state index contributed by atoms with van der Waals surface area (Å²) in [5, 5.41) is 9.05. The Hall–Kier alpha value is -0.900. The lowest BCUT2D eigenvalue weighted by molar-refractivity contribution is 0.165. The average molecular weight is 260 g/mol. The van der Waals surface area contributed by atoms with Gasteiger partial charge in [-0.25, -0.2) is 0 Å². The molecule has 0 bridgehead atoms. The Bertz CT molecular complexity index is 391. The standard InChI is InChI=1S/C16H24N2O/c19-11-10-17-9-8-16(13-17)18(15-6-7-15)12-14-4-2-1-3-5-14/h1-5,15-16,19H,6-13H2/t16-/m1/s1. The molecule has 1 aromatic rings. The molecule has 1 heterocycles. The minimum atomic E-state index is 0.287. The molecular formula is C16H24N2O. The van der Waals surface area contributed by atoms with Gasteiger partial charge in [0.1, 0.15) is 0 Å². The first-order valence-corrected chi connectivity index (χ1v) is 7.49. The zero-order valence-corrected chi connectivity index (χ0v) is 11.5. The van der Waals surface area contributed by atoms with Gasteiger partial charge < -0.3 is 5.11 Å². The van der Waals surface area contributed by atoms with Crippen LogP contribution in [0, 0.1) is 0 Å².